The molecule has 0 bridgehead atoms. The maximum absolute atomic E-state index is 12.4. The van der Waals surface area contributed by atoms with Gasteiger partial charge >= 0.3 is 6.09 Å². The summed E-state index contributed by atoms with van der Waals surface area (Å²) in [5.74, 6) is 2.43. The fourth-order valence-corrected chi connectivity index (χ4v) is 2.90. The van der Waals surface area contributed by atoms with E-state index in [0.717, 1.165) is 0 Å². The molecule has 0 aromatic carbocycles. The first kappa shape index (κ1) is 17.2. The van der Waals surface area contributed by atoms with Gasteiger partial charge in [-0.3, -0.25) is 4.90 Å². The number of hydrogen-bond acceptors (Lipinski definition) is 6. The van der Waals surface area contributed by atoms with E-state index >= 15 is 0 Å². The Labute approximate surface area is 143 Å². The standard InChI is InChI=1S/C15H15ClN4O2S/c1-5-6-20(14(21)22-15(2,3)4)13-11(16)19-12(23-13)10-7-17-9-18-8-10/h1,7-9H,6H2,2-4H3. The molecule has 0 aliphatic rings. The molecule has 0 saturated carbocycles. The monoisotopic (exact) mass is 350 g/mol. The van der Waals surface area contributed by atoms with Crippen molar-refractivity contribution >= 4 is 34.0 Å². The number of aromatic nitrogens is 3. The minimum Gasteiger partial charge on any atom is -0.443 e. The van der Waals surface area contributed by atoms with Gasteiger partial charge in [-0.25, -0.2) is 19.7 Å². The average Bonchev–Trinajstić information content (AvgIpc) is 2.85. The molecule has 6 nitrogen and oxygen atoms in total. The lowest BCUT2D eigenvalue weighted by molar-refractivity contribution is 0.0586. The Hall–Kier alpha value is -2.17. The summed E-state index contributed by atoms with van der Waals surface area (Å²) >= 11 is 7.40. The lowest BCUT2D eigenvalue weighted by Gasteiger charge is -2.25. The third-order valence-electron chi connectivity index (χ3n) is 2.49. The number of rotatable bonds is 3. The van der Waals surface area contributed by atoms with E-state index in [-0.39, 0.29) is 11.7 Å². The molecule has 0 unspecified atom stereocenters. The molecule has 0 atom stereocenters. The molecule has 0 spiro atoms. The number of halogens is 1. The van der Waals surface area contributed by atoms with Crippen molar-refractivity contribution in [1.29, 1.82) is 0 Å². The Morgan fingerprint density at radius 2 is 2.09 bits per heavy atom. The highest BCUT2D eigenvalue weighted by Crippen LogP contribution is 2.37. The predicted molar refractivity (Wildman–Crippen MR) is 90.6 cm³/mol. The largest absolute Gasteiger partial charge is 0.443 e. The third kappa shape index (κ3) is 4.41. The Balaban J connectivity index is 2.35. The normalized spacial score (nSPS) is 10.9. The summed E-state index contributed by atoms with van der Waals surface area (Å²) in [6.45, 7) is 5.36. The second-order valence-corrected chi connectivity index (χ2v) is 6.85. The molecule has 1 amide bonds. The Bertz CT molecular complexity index is 734. The molecule has 0 saturated heterocycles. The van der Waals surface area contributed by atoms with Gasteiger partial charge in [0.2, 0.25) is 0 Å². The Kier molecular flexibility index (Phi) is 5.19. The lowest BCUT2D eigenvalue weighted by atomic mass is 10.2. The van der Waals surface area contributed by atoms with Crippen LogP contribution in [-0.2, 0) is 4.74 Å². The van der Waals surface area contributed by atoms with Crippen molar-refractivity contribution in [3.8, 4) is 22.9 Å². The molecule has 120 valence electrons. The summed E-state index contributed by atoms with van der Waals surface area (Å²) in [4.78, 5) is 25.8. The van der Waals surface area contributed by atoms with E-state index < -0.39 is 11.7 Å². The summed E-state index contributed by atoms with van der Waals surface area (Å²) in [5, 5.41) is 1.20. The van der Waals surface area contributed by atoms with Crippen LogP contribution in [0, 0.1) is 12.3 Å². The second-order valence-electron chi connectivity index (χ2n) is 5.51. The van der Waals surface area contributed by atoms with Gasteiger partial charge in [0.1, 0.15) is 21.9 Å². The molecule has 0 N–H and O–H groups in total. The van der Waals surface area contributed by atoms with Gasteiger partial charge in [0.05, 0.1) is 6.54 Å². The summed E-state index contributed by atoms with van der Waals surface area (Å²) in [7, 11) is 0. The minimum atomic E-state index is -0.642. The predicted octanol–water partition coefficient (Wildman–Crippen LogP) is 3.63. The highest BCUT2D eigenvalue weighted by atomic mass is 35.5. The van der Waals surface area contributed by atoms with Crippen LogP contribution >= 0.6 is 22.9 Å². The van der Waals surface area contributed by atoms with Crippen LogP contribution in [0.4, 0.5) is 9.80 Å². The molecule has 0 aliphatic carbocycles. The van der Waals surface area contributed by atoms with Crippen molar-refractivity contribution in [2.75, 3.05) is 11.4 Å². The van der Waals surface area contributed by atoms with Crippen LogP contribution in [0.5, 0.6) is 0 Å². The number of amides is 1. The molecule has 0 radical (unpaired) electrons. The highest BCUT2D eigenvalue weighted by Gasteiger charge is 2.27. The van der Waals surface area contributed by atoms with Gasteiger partial charge in [0.25, 0.3) is 0 Å². The number of nitrogens with zero attached hydrogens (tertiary/aromatic N) is 4. The van der Waals surface area contributed by atoms with Gasteiger partial charge in [-0.15, -0.1) is 6.42 Å². The highest BCUT2D eigenvalue weighted by molar-refractivity contribution is 7.19. The van der Waals surface area contributed by atoms with Crippen LogP contribution in [0.25, 0.3) is 10.6 Å². The number of carbonyl (C=O) groups is 1. The molecule has 8 heteroatoms. The van der Waals surface area contributed by atoms with Gasteiger partial charge in [-0.1, -0.05) is 28.9 Å². The Morgan fingerprint density at radius 1 is 1.43 bits per heavy atom. The first-order valence-corrected chi connectivity index (χ1v) is 7.87. The van der Waals surface area contributed by atoms with E-state index in [1.807, 2.05) is 0 Å². The van der Waals surface area contributed by atoms with Crippen molar-refractivity contribution < 1.29 is 9.53 Å². The lowest BCUT2D eigenvalue weighted by Crippen LogP contribution is -2.36. The topological polar surface area (TPSA) is 68.2 Å². The molecule has 2 aromatic rings. The van der Waals surface area contributed by atoms with Gasteiger partial charge in [-0.2, -0.15) is 0 Å². The smallest absolute Gasteiger partial charge is 0.416 e. The number of ether oxygens (including phenoxy) is 1. The summed E-state index contributed by atoms with van der Waals surface area (Å²) in [5.41, 5.74) is 0.0625. The first-order valence-electron chi connectivity index (χ1n) is 6.67. The zero-order chi connectivity index (χ0) is 17.0. The fourth-order valence-electron chi connectivity index (χ4n) is 1.62. The van der Waals surface area contributed by atoms with Crippen molar-refractivity contribution in [3.63, 3.8) is 0 Å². The van der Waals surface area contributed by atoms with E-state index in [1.165, 1.54) is 22.6 Å². The zero-order valence-corrected chi connectivity index (χ0v) is 14.5. The summed E-state index contributed by atoms with van der Waals surface area (Å²) < 4.78 is 5.36. The van der Waals surface area contributed by atoms with E-state index in [2.05, 4.69) is 20.9 Å². The molecular weight excluding hydrogens is 336 g/mol. The van der Waals surface area contributed by atoms with Crippen molar-refractivity contribution in [3.05, 3.63) is 23.9 Å². The van der Waals surface area contributed by atoms with E-state index in [9.17, 15) is 4.79 Å². The fraction of sp³-hybridized carbons (Fsp3) is 0.333. The molecular formula is C15H15ClN4O2S. The molecule has 2 aromatic heterocycles. The van der Waals surface area contributed by atoms with Crippen LogP contribution in [0.3, 0.4) is 0 Å². The van der Waals surface area contributed by atoms with Crippen molar-refractivity contribution in [1.82, 2.24) is 15.0 Å². The number of thiazole rings is 1. The zero-order valence-electron chi connectivity index (χ0n) is 12.9. The van der Waals surface area contributed by atoms with Gasteiger partial charge in [0, 0.05) is 18.0 Å². The van der Waals surface area contributed by atoms with E-state index in [4.69, 9.17) is 22.8 Å². The van der Waals surface area contributed by atoms with Crippen LogP contribution in [0.2, 0.25) is 5.15 Å². The number of anilines is 1. The first-order chi connectivity index (χ1) is 10.8. The summed E-state index contributed by atoms with van der Waals surface area (Å²) in [6, 6.07) is 0. The van der Waals surface area contributed by atoms with E-state index in [1.54, 1.807) is 33.2 Å². The maximum Gasteiger partial charge on any atom is 0.416 e. The van der Waals surface area contributed by atoms with Gasteiger partial charge in [-0.05, 0) is 20.8 Å². The number of carbonyl (C=O) groups excluding carboxylic acids is 1. The second kappa shape index (κ2) is 6.94. The van der Waals surface area contributed by atoms with Gasteiger partial charge in [0.15, 0.2) is 5.15 Å². The number of terminal acetylenes is 1. The molecule has 23 heavy (non-hydrogen) atoms. The van der Waals surface area contributed by atoms with Gasteiger partial charge < -0.3 is 4.74 Å². The van der Waals surface area contributed by atoms with Crippen LogP contribution in [0.15, 0.2) is 18.7 Å². The number of hydrogen-bond donors (Lipinski definition) is 0. The SMILES string of the molecule is C#CCN(C(=O)OC(C)(C)C)c1sc(-c2cncnc2)nc1Cl. The third-order valence-corrected chi connectivity index (χ3v) is 3.99. The van der Waals surface area contributed by atoms with Crippen LogP contribution in [-0.4, -0.2) is 33.2 Å². The van der Waals surface area contributed by atoms with Crippen LogP contribution < -0.4 is 4.90 Å². The van der Waals surface area contributed by atoms with Crippen molar-refractivity contribution in [2.24, 2.45) is 0 Å². The minimum absolute atomic E-state index is 0.0293. The van der Waals surface area contributed by atoms with E-state index in [0.29, 0.717) is 15.6 Å². The van der Waals surface area contributed by atoms with Crippen molar-refractivity contribution in [2.45, 2.75) is 26.4 Å². The summed E-state index contributed by atoms with van der Waals surface area (Å²) in [6.07, 6.45) is 9.44. The maximum atomic E-state index is 12.4. The average molecular weight is 351 g/mol. The molecule has 0 aliphatic heterocycles. The molecule has 2 heterocycles. The molecule has 2 rings (SSSR count). The Morgan fingerprint density at radius 3 is 2.65 bits per heavy atom. The molecule has 0 fully saturated rings. The quantitative estimate of drug-likeness (QED) is 0.791. The van der Waals surface area contributed by atoms with Crippen LogP contribution in [0.1, 0.15) is 20.8 Å².